The Labute approximate surface area is 238 Å². The molecule has 3 heterocycles. The van der Waals surface area contributed by atoms with Crippen LogP contribution in [0.25, 0.3) is 0 Å². The van der Waals surface area contributed by atoms with Crippen molar-refractivity contribution in [1.29, 1.82) is 0 Å². The van der Waals surface area contributed by atoms with Crippen LogP contribution in [0.1, 0.15) is 80.6 Å². The highest BCUT2D eigenvalue weighted by Gasteiger charge is 2.27. The summed E-state index contributed by atoms with van der Waals surface area (Å²) in [5.74, 6) is 0.429. The van der Waals surface area contributed by atoms with E-state index in [4.69, 9.17) is 15.9 Å². The minimum absolute atomic E-state index is 0. The number of hydrogen-bond donors (Lipinski definition) is 4. The van der Waals surface area contributed by atoms with Crippen LogP contribution in [0.2, 0.25) is 0 Å². The maximum Gasteiger partial charge on any atom is 0.339 e. The Balaban J connectivity index is 0.000000160. The fourth-order valence-electron chi connectivity index (χ4n) is 4.24. The van der Waals surface area contributed by atoms with Crippen LogP contribution >= 0.6 is 0 Å². The summed E-state index contributed by atoms with van der Waals surface area (Å²) in [4.78, 5) is 33.6. The van der Waals surface area contributed by atoms with E-state index in [9.17, 15) is 14.4 Å². The number of anilines is 1. The summed E-state index contributed by atoms with van der Waals surface area (Å²) in [7, 11) is 0. The van der Waals surface area contributed by atoms with Crippen LogP contribution in [0, 0.1) is 20.8 Å². The molecule has 0 aliphatic heterocycles. The Hall–Kier alpha value is -3.83. The maximum absolute atomic E-state index is 11.9. The minimum atomic E-state index is -0.521. The van der Waals surface area contributed by atoms with E-state index >= 15 is 0 Å². The molecule has 0 saturated heterocycles. The Bertz CT molecular complexity index is 1470. The van der Waals surface area contributed by atoms with Crippen molar-refractivity contribution in [2.45, 2.75) is 96.3 Å². The summed E-state index contributed by atoms with van der Waals surface area (Å²) >= 11 is 0. The molecule has 4 aliphatic rings. The summed E-state index contributed by atoms with van der Waals surface area (Å²) in [5.41, 5.74) is 7.70. The summed E-state index contributed by atoms with van der Waals surface area (Å²) in [6.07, 6.45) is 9.51. The Morgan fingerprint density at radius 2 is 1.22 bits per heavy atom. The highest BCUT2D eigenvalue weighted by molar-refractivity contribution is 5.45. The second kappa shape index (κ2) is 13.7. The Morgan fingerprint density at radius 1 is 0.732 bits per heavy atom. The van der Waals surface area contributed by atoms with Gasteiger partial charge in [0.25, 0.3) is 11.1 Å². The van der Waals surface area contributed by atoms with Crippen molar-refractivity contribution in [3.05, 3.63) is 84.7 Å². The van der Waals surface area contributed by atoms with E-state index in [0.29, 0.717) is 29.9 Å². The molecule has 0 atom stereocenters. The first-order chi connectivity index (χ1) is 19.0. The van der Waals surface area contributed by atoms with Gasteiger partial charge in [-0.15, -0.1) is 0 Å². The van der Waals surface area contributed by atoms with Gasteiger partial charge < -0.3 is 40.3 Å². The first-order valence-electron chi connectivity index (χ1n) is 14.0. The molecule has 224 valence electrons. The summed E-state index contributed by atoms with van der Waals surface area (Å²) in [6.45, 7) is 5.47. The minimum Gasteiger partial charge on any atom is -0.508 e. The largest absolute Gasteiger partial charge is 0.508 e. The van der Waals surface area contributed by atoms with Gasteiger partial charge in [-0.1, -0.05) is 0 Å². The molecule has 3 aromatic rings. The molecule has 0 unspecified atom stereocenters. The zero-order valence-corrected chi connectivity index (χ0v) is 23.9. The molecule has 3 aromatic heterocycles. The number of aromatic hydroxyl groups is 2. The molecule has 11 nitrogen and oxygen atoms in total. The topological polar surface area (TPSA) is 184 Å². The molecule has 0 amide bonds. The van der Waals surface area contributed by atoms with Crippen LogP contribution in [-0.4, -0.2) is 36.9 Å². The highest BCUT2D eigenvalue weighted by Crippen LogP contribution is 2.35. The monoisotopic (exact) mass is 570 g/mol. The number of aryl methyl sites for hydroxylation is 3. The second-order valence-electron chi connectivity index (χ2n) is 11.1. The third-order valence-electron chi connectivity index (χ3n) is 6.78. The molecule has 0 radical (unpaired) electrons. The number of rotatable bonds is 4. The van der Waals surface area contributed by atoms with Crippen molar-refractivity contribution in [3.8, 4) is 11.5 Å². The third-order valence-corrected chi connectivity index (χ3v) is 6.78. The predicted molar refractivity (Wildman–Crippen MR) is 158 cm³/mol. The van der Waals surface area contributed by atoms with Crippen LogP contribution in [0.15, 0.2) is 55.2 Å². The standard InChI is InChI=1S/C12H16N2O.C9H11NO2.C6H6O3.C3H7N.H2O/c1-8-6-10(13-9-2-3-9)7-12(15)14(8)11-4-5-11;1-6-4-8(11)5-9(12)10(6)7-2-3-7;1-4-2-5(7)3-6(8)9-4;4-3-1-2-3;/h6-7,9,11,13H,2-5H2,1H3;4-5,7,11H,2-3H2,1H3;2-3,7H,1H3;3H,1-2,4H2;1H2. The van der Waals surface area contributed by atoms with E-state index in [1.165, 1.54) is 37.8 Å². The third kappa shape index (κ3) is 10.3. The number of hydrogen-bond acceptors (Lipinski definition) is 8. The van der Waals surface area contributed by atoms with E-state index in [-0.39, 0.29) is 28.1 Å². The van der Waals surface area contributed by atoms with E-state index in [2.05, 4.69) is 15.8 Å². The van der Waals surface area contributed by atoms with Crippen molar-refractivity contribution in [3.63, 3.8) is 0 Å². The first-order valence-corrected chi connectivity index (χ1v) is 14.0. The number of nitrogens with two attached hydrogens (primary N) is 1. The van der Waals surface area contributed by atoms with E-state index in [0.717, 1.165) is 48.8 Å². The SMILES string of the molecule is Cc1cc(NC2CC2)cc(=O)n1C1CC1.Cc1cc(O)cc(=O)n1C1CC1.Cc1cc(O)cc(=O)o1.NC1CC1.O. The molecule has 4 saturated carbocycles. The van der Waals surface area contributed by atoms with Gasteiger partial charge in [0, 0.05) is 59.4 Å². The van der Waals surface area contributed by atoms with Gasteiger partial charge in [-0.3, -0.25) is 9.59 Å². The maximum atomic E-state index is 11.9. The van der Waals surface area contributed by atoms with Gasteiger partial charge in [-0.05, 0) is 84.3 Å². The second-order valence-corrected chi connectivity index (χ2v) is 11.1. The fraction of sp³-hybridized carbons (Fsp3) is 0.500. The van der Waals surface area contributed by atoms with Gasteiger partial charge in [0.05, 0.1) is 6.07 Å². The van der Waals surface area contributed by atoms with Gasteiger partial charge in [0.2, 0.25) is 0 Å². The summed E-state index contributed by atoms with van der Waals surface area (Å²) < 4.78 is 8.22. The number of pyridine rings is 2. The molecular formula is C30H42N4O7. The number of aromatic nitrogens is 2. The zero-order chi connectivity index (χ0) is 29.0. The smallest absolute Gasteiger partial charge is 0.339 e. The normalized spacial score (nSPS) is 16.9. The van der Waals surface area contributed by atoms with Gasteiger partial charge >= 0.3 is 5.63 Å². The van der Waals surface area contributed by atoms with Crippen LogP contribution in [0.4, 0.5) is 5.69 Å². The number of nitrogens with one attached hydrogen (secondary N) is 1. The quantitative estimate of drug-likeness (QED) is 0.368. The Kier molecular flexibility index (Phi) is 10.6. The van der Waals surface area contributed by atoms with Crippen LogP contribution < -0.4 is 27.8 Å². The Morgan fingerprint density at radius 3 is 1.61 bits per heavy atom. The van der Waals surface area contributed by atoms with Gasteiger partial charge in [0.15, 0.2) is 0 Å². The average Bonchev–Trinajstić information content (AvgIpc) is 3.64. The van der Waals surface area contributed by atoms with Crippen molar-refractivity contribution in [1.82, 2.24) is 9.13 Å². The molecule has 0 bridgehead atoms. The molecule has 7 rings (SSSR count). The molecule has 4 aliphatic carbocycles. The predicted octanol–water partition coefficient (Wildman–Crippen LogP) is 3.20. The van der Waals surface area contributed by atoms with Crippen molar-refractivity contribution >= 4 is 5.69 Å². The van der Waals surface area contributed by atoms with Gasteiger partial charge in [0.1, 0.15) is 17.3 Å². The van der Waals surface area contributed by atoms with Crippen LogP contribution in [0.5, 0.6) is 11.5 Å². The van der Waals surface area contributed by atoms with Crippen LogP contribution in [-0.2, 0) is 0 Å². The lowest BCUT2D eigenvalue weighted by Gasteiger charge is -2.11. The van der Waals surface area contributed by atoms with Crippen molar-refractivity contribution in [2.24, 2.45) is 5.73 Å². The molecule has 7 N–H and O–H groups in total. The van der Waals surface area contributed by atoms with Crippen LogP contribution in [0.3, 0.4) is 0 Å². The van der Waals surface area contributed by atoms with E-state index in [1.54, 1.807) is 23.6 Å². The van der Waals surface area contributed by atoms with E-state index < -0.39 is 5.63 Å². The highest BCUT2D eigenvalue weighted by atomic mass is 16.4. The molecule has 11 heteroatoms. The lowest BCUT2D eigenvalue weighted by Crippen LogP contribution is -2.21. The molecule has 4 fully saturated rings. The zero-order valence-electron chi connectivity index (χ0n) is 23.9. The van der Waals surface area contributed by atoms with Gasteiger partial charge in [-0.2, -0.15) is 0 Å². The van der Waals surface area contributed by atoms with E-state index in [1.807, 2.05) is 18.4 Å². The fourth-order valence-corrected chi connectivity index (χ4v) is 4.24. The molecule has 41 heavy (non-hydrogen) atoms. The lowest BCUT2D eigenvalue weighted by atomic mass is 10.3. The van der Waals surface area contributed by atoms with Gasteiger partial charge in [-0.25, -0.2) is 4.79 Å². The first kappa shape index (κ1) is 31.7. The molecular weight excluding hydrogens is 528 g/mol. The average molecular weight is 571 g/mol. The summed E-state index contributed by atoms with van der Waals surface area (Å²) in [5, 5.41) is 21.2. The number of nitrogens with zero attached hydrogens (tertiary/aromatic N) is 2. The molecule has 0 spiro atoms. The van der Waals surface area contributed by atoms with Crippen molar-refractivity contribution < 1.29 is 20.1 Å². The van der Waals surface area contributed by atoms with Crippen molar-refractivity contribution in [2.75, 3.05) is 5.32 Å². The summed E-state index contributed by atoms with van der Waals surface area (Å²) in [6, 6.07) is 11.2. The molecule has 0 aromatic carbocycles. The lowest BCUT2D eigenvalue weighted by molar-refractivity contribution is 0.434.